The minimum atomic E-state index is -0.127. The van der Waals surface area contributed by atoms with Crippen molar-refractivity contribution in [2.24, 2.45) is 0 Å². The molecule has 5 rings (SSSR count). The van der Waals surface area contributed by atoms with Crippen LogP contribution in [0.5, 0.6) is 11.5 Å². The van der Waals surface area contributed by atoms with Gasteiger partial charge in [-0.25, -0.2) is 0 Å². The Labute approximate surface area is 195 Å². The fraction of sp³-hybridized carbons (Fsp3) is 0.250. The van der Waals surface area contributed by atoms with Gasteiger partial charge in [0, 0.05) is 17.0 Å². The maximum Gasteiger partial charge on any atom is 0.214 e. The molecule has 1 atom stereocenters. The zero-order valence-electron chi connectivity index (χ0n) is 18.3. The van der Waals surface area contributed by atoms with E-state index in [1.165, 1.54) is 11.8 Å². The first-order valence-corrected chi connectivity index (χ1v) is 11.6. The number of benzene rings is 2. The summed E-state index contributed by atoms with van der Waals surface area (Å²) in [6.45, 7) is 5.05. The molecule has 0 aliphatic carbocycles. The summed E-state index contributed by atoms with van der Waals surface area (Å²) in [5, 5.41) is 12.5. The molecule has 0 bridgehead atoms. The Hall–Kier alpha value is -3.59. The largest absolute Gasteiger partial charge is 0.486 e. The molecule has 0 spiro atoms. The van der Waals surface area contributed by atoms with Crippen molar-refractivity contribution < 1.29 is 14.3 Å². The molecule has 0 N–H and O–H groups in total. The Kier molecular flexibility index (Phi) is 5.87. The van der Waals surface area contributed by atoms with Crippen LogP contribution in [0.1, 0.15) is 21.7 Å². The molecule has 0 radical (unpaired) electrons. The number of hydrogen-bond acceptors (Lipinski definition) is 7. The summed E-state index contributed by atoms with van der Waals surface area (Å²) in [4.78, 5) is 13.1. The summed E-state index contributed by atoms with van der Waals surface area (Å²) in [7, 11) is 0. The molecule has 3 heterocycles. The predicted molar refractivity (Wildman–Crippen MR) is 124 cm³/mol. The van der Waals surface area contributed by atoms with Crippen LogP contribution >= 0.6 is 11.8 Å². The molecule has 1 unspecified atom stereocenters. The lowest BCUT2D eigenvalue weighted by molar-refractivity contribution is 0.0777. The summed E-state index contributed by atoms with van der Waals surface area (Å²) in [5.74, 6) is 1.79. The monoisotopic (exact) mass is 461 g/mol. The van der Waals surface area contributed by atoms with Gasteiger partial charge in [-0.3, -0.25) is 4.79 Å². The Bertz CT molecular complexity index is 1280. The number of para-hydroxylation sites is 3. The smallest absolute Gasteiger partial charge is 0.214 e. The van der Waals surface area contributed by atoms with Crippen LogP contribution in [0.3, 0.4) is 0 Å². The first kappa shape index (κ1) is 21.3. The third kappa shape index (κ3) is 4.36. The molecule has 0 fully saturated rings. The number of fused-ring (bicyclic) bond motifs is 1. The van der Waals surface area contributed by atoms with Crippen molar-refractivity contribution in [1.82, 2.24) is 24.8 Å². The average molecular weight is 462 g/mol. The van der Waals surface area contributed by atoms with Crippen LogP contribution in [0, 0.1) is 13.8 Å². The van der Waals surface area contributed by atoms with Crippen LogP contribution in [0.25, 0.3) is 5.69 Å². The minimum Gasteiger partial charge on any atom is -0.486 e. The van der Waals surface area contributed by atoms with E-state index >= 15 is 0 Å². The second kappa shape index (κ2) is 9.11. The van der Waals surface area contributed by atoms with Crippen LogP contribution in [0.15, 0.2) is 65.8 Å². The van der Waals surface area contributed by atoms with Crippen molar-refractivity contribution >= 4 is 17.5 Å². The van der Waals surface area contributed by atoms with E-state index in [0.717, 1.165) is 28.6 Å². The van der Waals surface area contributed by atoms with Gasteiger partial charge < -0.3 is 14.0 Å². The van der Waals surface area contributed by atoms with Gasteiger partial charge in [0.15, 0.2) is 23.4 Å². The fourth-order valence-electron chi connectivity index (χ4n) is 3.93. The quantitative estimate of drug-likeness (QED) is 0.305. The molecule has 33 heavy (non-hydrogen) atoms. The number of ketones is 1. The number of hydrogen-bond donors (Lipinski definition) is 0. The van der Waals surface area contributed by atoms with E-state index in [2.05, 4.69) is 20.1 Å². The van der Waals surface area contributed by atoms with Gasteiger partial charge in [0.2, 0.25) is 5.16 Å². The highest BCUT2D eigenvalue weighted by Gasteiger charge is 2.24. The lowest BCUT2D eigenvalue weighted by atomic mass is 10.2. The molecule has 0 saturated carbocycles. The highest BCUT2D eigenvalue weighted by molar-refractivity contribution is 7.99. The van der Waals surface area contributed by atoms with Crippen molar-refractivity contribution in [2.45, 2.75) is 31.7 Å². The van der Waals surface area contributed by atoms with Crippen molar-refractivity contribution in [3.05, 3.63) is 77.6 Å². The molecule has 4 aromatic rings. The van der Waals surface area contributed by atoms with E-state index in [1.807, 2.05) is 74.5 Å². The van der Waals surface area contributed by atoms with Gasteiger partial charge in [0.05, 0.1) is 18.0 Å². The second-order valence-electron chi connectivity index (χ2n) is 7.81. The third-order valence-electron chi connectivity index (χ3n) is 5.60. The topological polar surface area (TPSA) is 84.1 Å². The fourth-order valence-corrected chi connectivity index (χ4v) is 4.70. The molecule has 168 valence electrons. The van der Waals surface area contributed by atoms with E-state index in [1.54, 1.807) is 4.68 Å². The molecular weight excluding hydrogens is 438 g/mol. The molecule has 2 aromatic carbocycles. The van der Waals surface area contributed by atoms with Crippen LogP contribution in [-0.4, -0.2) is 49.0 Å². The first-order chi connectivity index (χ1) is 16.1. The van der Waals surface area contributed by atoms with E-state index in [-0.39, 0.29) is 17.6 Å². The van der Waals surface area contributed by atoms with Gasteiger partial charge >= 0.3 is 0 Å². The predicted octanol–water partition coefficient (Wildman–Crippen LogP) is 3.90. The highest BCUT2D eigenvalue weighted by atomic mass is 32.2. The molecule has 9 heteroatoms. The summed E-state index contributed by atoms with van der Waals surface area (Å²) in [6, 6.07) is 19.2. The van der Waals surface area contributed by atoms with E-state index in [0.29, 0.717) is 23.9 Å². The molecule has 8 nitrogen and oxygen atoms in total. The van der Waals surface area contributed by atoms with Crippen LogP contribution in [0.4, 0.5) is 0 Å². The number of aromatic nitrogens is 5. The number of rotatable bonds is 7. The Morgan fingerprint density at radius 1 is 1.09 bits per heavy atom. The number of thioether (sulfide) groups is 1. The van der Waals surface area contributed by atoms with Crippen molar-refractivity contribution in [3.8, 4) is 17.2 Å². The average Bonchev–Trinajstić information content (AvgIpc) is 3.43. The normalized spacial score (nSPS) is 14.9. The number of Topliss-reactive ketones (excluding diaryl/α,β-unsaturated/α-hetero) is 1. The van der Waals surface area contributed by atoms with E-state index < -0.39 is 0 Å². The summed E-state index contributed by atoms with van der Waals surface area (Å²) in [6.07, 6.45) is -0.127. The number of carbonyl (C=O) groups excluding carboxylic acids is 1. The molecular formula is C24H23N5O3S. The van der Waals surface area contributed by atoms with Gasteiger partial charge in [-0.15, -0.1) is 5.10 Å². The number of nitrogens with zero attached hydrogens (tertiary/aromatic N) is 5. The number of tetrazole rings is 1. The summed E-state index contributed by atoms with van der Waals surface area (Å²) >= 11 is 1.33. The Morgan fingerprint density at radius 3 is 2.67 bits per heavy atom. The third-order valence-corrected chi connectivity index (χ3v) is 6.52. The van der Waals surface area contributed by atoms with E-state index in [4.69, 9.17) is 9.47 Å². The zero-order valence-corrected chi connectivity index (χ0v) is 19.2. The molecule has 0 amide bonds. The Morgan fingerprint density at radius 2 is 1.85 bits per heavy atom. The van der Waals surface area contributed by atoms with Crippen LogP contribution in [0.2, 0.25) is 0 Å². The molecule has 0 saturated heterocycles. The minimum absolute atomic E-state index is 0.0353. The molecule has 1 aliphatic heterocycles. The SMILES string of the molecule is Cc1cc(C(=O)CSc2nnnn2-c2ccccc2)c(C)n1CC1COc2ccccc2O1. The van der Waals surface area contributed by atoms with Crippen molar-refractivity contribution in [3.63, 3.8) is 0 Å². The second-order valence-corrected chi connectivity index (χ2v) is 8.76. The summed E-state index contributed by atoms with van der Waals surface area (Å²) in [5.41, 5.74) is 3.49. The summed E-state index contributed by atoms with van der Waals surface area (Å²) < 4.78 is 15.7. The van der Waals surface area contributed by atoms with Gasteiger partial charge in [-0.1, -0.05) is 42.1 Å². The van der Waals surface area contributed by atoms with Crippen molar-refractivity contribution in [1.29, 1.82) is 0 Å². The highest BCUT2D eigenvalue weighted by Crippen LogP contribution is 2.32. The van der Waals surface area contributed by atoms with Gasteiger partial charge in [0.1, 0.15) is 6.61 Å². The first-order valence-electron chi connectivity index (χ1n) is 10.6. The van der Waals surface area contributed by atoms with Crippen LogP contribution in [-0.2, 0) is 6.54 Å². The van der Waals surface area contributed by atoms with Gasteiger partial charge in [-0.05, 0) is 54.6 Å². The number of carbonyl (C=O) groups is 1. The zero-order chi connectivity index (χ0) is 22.8. The lowest BCUT2D eigenvalue weighted by Crippen LogP contribution is -2.33. The maximum absolute atomic E-state index is 13.1. The Balaban J connectivity index is 1.27. The number of aryl methyl sites for hydroxylation is 1. The molecule has 1 aliphatic rings. The lowest BCUT2D eigenvalue weighted by Gasteiger charge is -2.27. The van der Waals surface area contributed by atoms with E-state index in [9.17, 15) is 4.79 Å². The standard InChI is InChI=1S/C24H23N5O3S/c1-16-12-20(17(2)28(16)13-19-14-31-22-10-6-7-11-23(22)32-19)21(30)15-33-24-25-26-27-29(24)18-8-4-3-5-9-18/h3-12,19H,13-15H2,1-2H3. The maximum atomic E-state index is 13.1. The van der Waals surface area contributed by atoms with Crippen LogP contribution < -0.4 is 9.47 Å². The van der Waals surface area contributed by atoms with Crippen molar-refractivity contribution in [2.75, 3.05) is 12.4 Å². The van der Waals surface area contributed by atoms with Gasteiger partial charge in [0.25, 0.3) is 0 Å². The van der Waals surface area contributed by atoms with Gasteiger partial charge in [-0.2, -0.15) is 4.68 Å². The molecule has 2 aromatic heterocycles. The number of ether oxygens (including phenoxy) is 2.